The maximum Gasteiger partial charge on any atom is 0.312 e. The Labute approximate surface area is 89.4 Å². The van der Waals surface area contributed by atoms with E-state index in [2.05, 4.69) is 12.2 Å². The van der Waals surface area contributed by atoms with Gasteiger partial charge in [-0.3, -0.25) is 0 Å². The number of hydrogen-bond donors (Lipinski definition) is 2. The summed E-state index contributed by atoms with van der Waals surface area (Å²) >= 11 is 0. The fraction of sp³-hybridized carbons (Fsp3) is 0.364. The minimum atomic E-state index is -0.513. The van der Waals surface area contributed by atoms with Crippen LogP contribution in [0.5, 0.6) is 5.75 Å². The van der Waals surface area contributed by atoms with Crippen LogP contribution in [0.25, 0.3) is 0 Å². The van der Waals surface area contributed by atoms with Gasteiger partial charge in [-0.2, -0.15) is 0 Å². The Hall–Kier alpha value is -1.71. The molecule has 4 heteroatoms. The molecule has 4 nitrogen and oxygen atoms in total. The molecule has 0 aliphatic heterocycles. The second-order valence-electron chi connectivity index (χ2n) is 3.21. The molecule has 1 aromatic rings. The summed E-state index contributed by atoms with van der Waals surface area (Å²) in [6, 6.07) is 7.06. The van der Waals surface area contributed by atoms with Crippen molar-refractivity contribution < 1.29 is 9.53 Å². The summed E-state index contributed by atoms with van der Waals surface area (Å²) in [5.41, 5.74) is 5.96. The van der Waals surface area contributed by atoms with Gasteiger partial charge < -0.3 is 15.8 Å². The predicted molar refractivity (Wildman–Crippen MR) is 58.7 cm³/mol. The molecule has 1 rings (SSSR count). The number of nitrogens with two attached hydrogens (primary N) is 1. The smallest absolute Gasteiger partial charge is 0.312 e. The third kappa shape index (κ3) is 4.35. The molecule has 2 amide bonds. The van der Waals surface area contributed by atoms with Gasteiger partial charge in [0, 0.05) is 6.54 Å². The summed E-state index contributed by atoms with van der Waals surface area (Å²) in [7, 11) is 0. The molecule has 3 N–H and O–H groups in total. The molecule has 0 radical (unpaired) electrons. The molecule has 1 aromatic carbocycles. The zero-order chi connectivity index (χ0) is 11.1. The Bertz CT molecular complexity index is 309. The highest BCUT2D eigenvalue weighted by Crippen LogP contribution is 2.12. The standard InChI is InChI=1S/C11H16N2O2/c1-2-7-15-10-5-3-9(4-6-10)8-13-11(12)14/h3-6H,2,7-8H2,1H3,(H3,12,13,14). The minimum Gasteiger partial charge on any atom is -0.494 e. The fourth-order valence-electron chi connectivity index (χ4n) is 1.11. The van der Waals surface area contributed by atoms with Gasteiger partial charge in [-0.1, -0.05) is 19.1 Å². The van der Waals surface area contributed by atoms with Crippen molar-refractivity contribution in [1.29, 1.82) is 0 Å². The molecule has 0 bridgehead atoms. The van der Waals surface area contributed by atoms with Gasteiger partial charge in [0.05, 0.1) is 6.61 Å². The van der Waals surface area contributed by atoms with E-state index >= 15 is 0 Å². The first-order chi connectivity index (χ1) is 7.22. The molecular formula is C11H16N2O2. The van der Waals surface area contributed by atoms with Crippen LogP contribution in [0.1, 0.15) is 18.9 Å². The van der Waals surface area contributed by atoms with E-state index in [4.69, 9.17) is 10.5 Å². The SMILES string of the molecule is CCCOc1ccc(CNC(N)=O)cc1. The van der Waals surface area contributed by atoms with Crippen molar-refractivity contribution in [3.05, 3.63) is 29.8 Å². The summed E-state index contributed by atoms with van der Waals surface area (Å²) in [5.74, 6) is 0.847. The quantitative estimate of drug-likeness (QED) is 0.772. The molecule has 0 aromatic heterocycles. The largest absolute Gasteiger partial charge is 0.494 e. The van der Waals surface area contributed by atoms with E-state index in [1.54, 1.807) is 0 Å². The van der Waals surface area contributed by atoms with Crippen molar-refractivity contribution in [3.63, 3.8) is 0 Å². The lowest BCUT2D eigenvalue weighted by molar-refractivity contribution is 0.248. The first kappa shape index (κ1) is 11.4. The lowest BCUT2D eigenvalue weighted by Crippen LogP contribution is -2.28. The Morgan fingerprint density at radius 1 is 1.40 bits per heavy atom. The fourth-order valence-corrected chi connectivity index (χ4v) is 1.11. The van der Waals surface area contributed by atoms with Crippen LogP contribution < -0.4 is 15.8 Å². The number of ether oxygens (including phenoxy) is 1. The monoisotopic (exact) mass is 208 g/mol. The molecule has 0 atom stereocenters. The molecule has 0 aliphatic carbocycles. The maximum absolute atomic E-state index is 10.5. The van der Waals surface area contributed by atoms with Gasteiger partial charge in [-0.05, 0) is 24.1 Å². The van der Waals surface area contributed by atoms with Gasteiger partial charge in [-0.15, -0.1) is 0 Å². The second-order valence-corrected chi connectivity index (χ2v) is 3.21. The number of rotatable bonds is 5. The summed E-state index contributed by atoms with van der Waals surface area (Å²) in [4.78, 5) is 10.5. The summed E-state index contributed by atoms with van der Waals surface area (Å²) in [6.07, 6.45) is 0.991. The molecule has 82 valence electrons. The first-order valence-electron chi connectivity index (χ1n) is 4.97. The molecule has 0 spiro atoms. The van der Waals surface area contributed by atoms with Crippen molar-refractivity contribution in [2.75, 3.05) is 6.61 Å². The predicted octanol–water partition coefficient (Wildman–Crippen LogP) is 1.64. The van der Waals surface area contributed by atoms with Gasteiger partial charge >= 0.3 is 6.03 Å². The van der Waals surface area contributed by atoms with E-state index in [9.17, 15) is 4.79 Å². The third-order valence-electron chi connectivity index (χ3n) is 1.86. The lowest BCUT2D eigenvalue weighted by atomic mass is 10.2. The minimum absolute atomic E-state index is 0.448. The summed E-state index contributed by atoms with van der Waals surface area (Å²) < 4.78 is 5.42. The van der Waals surface area contributed by atoms with E-state index in [-0.39, 0.29) is 0 Å². The molecule has 0 aliphatic rings. The van der Waals surface area contributed by atoms with Crippen molar-refractivity contribution in [1.82, 2.24) is 5.32 Å². The van der Waals surface area contributed by atoms with Gasteiger partial charge in [0.25, 0.3) is 0 Å². The zero-order valence-corrected chi connectivity index (χ0v) is 8.82. The molecule has 0 saturated carbocycles. The number of urea groups is 1. The number of primary amides is 1. The van der Waals surface area contributed by atoms with Crippen LogP contribution in [0.3, 0.4) is 0 Å². The van der Waals surface area contributed by atoms with E-state index in [1.807, 2.05) is 24.3 Å². The molecular weight excluding hydrogens is 192 g/mol. The Morgan fingerprint density at radius 2 is 2.07 bits per heavy atom. The highest BCUT2D eigenvalue weighted by Gasteiger charge is 1.96. The van der Waals surface area contributed by atoms with Gasteiger partial charge in [0.15, 0.2) is 0 Å². The topological polar surface area (TPSA) is 64.3 Å². The molecule has 0 saturated heterocycles. The van der Waals surface area contributed by atoms with Crippen LogP contribution in [-0.4, -0.2) is 12.6 Å². The molecule has 0 fully saturated rings. The number of hydrogen-bond acceptors (Lipinski definition) is 2. The van der Waals surface area contributed by atoms with Crippen molar-refractivity contribution in [3.8, 4) is 5.75 Å². The van der Waals surface area contributed by atoms with E-state index in [0.29, 0.717) is 6.54 Å². The number of benzene rings is 1. The summed E-state index contributed by atoms with van der Waals surface area (Å²) in [6.45, 7) is 3.23. The van der Waals surface area contributed by atoms with Crippen LogP contribution in [-0.2, 0) is 6.54 Å². The summed E-state index contributed by atoms with van der Waals surface area (Å²) in [5, 5.41) is 2.52. The van der Waals surface area contributed by atoms with Gasteiger partial charge in [0.2, 0.25) is 0 Å². The Kier molecular flexibility index (Phi) is 4.47. The van der Waals surface area contributed by atoms with E-state index in [1.165, 1.54) is 0 Å². The van der Waals surface area contributed by atoms with Gasteiger partial charge in [-0.25, -0.2) is 4.79 Å². The number of carbonyl (C=O) groups is 1. The zero-order valence-electron chi connectivity index (χ0n) is 8.82. The highest BCUT2D eigenvalue weighted by molar-refractivity contribution is 5.71. The lowest BCUT2D eigenvalue weighted by Gasteiger charge is -2.06. The maximum atomic E-state index is 10.5. The highest BCUT2D eigenvalue weighted by atomic mass is 16.5. The van der Waals surface area contributed by atoms with Crippen molar-refractivity contribution in [2.24, 2.45) is 5.73 Å². The van der Waals surface area contributed by atoms with E-state index < -0.39 is 6.03 Å². The van der Waals surface area contributed by atoms with Crippen LogP contribution in [0.4, 0.5) is 4.79 Å². The van der Waals surface area contributed by atoms with Crippen molar-refractivity contribution in [2.45, 2.75) is 19.9 Å². The Balaban J connectivity index is 2.45. The number of carbonyl (C=O) groups excluding carboxylic acids is 1. The van der Waals surface area contributed by atoms with Crippen LogP contribution in [0, 0.1) is 0 Å². The van der Waals surface area contributed by atoms with Gasteiger partial charge in [0.1, 0.15) is 5.75 Å². The average molecular weight is 208 g/mol. The normalized spacial score (nSPS) is 9.67. The van der Waals surface area contributed by atoms with Crippen LogP contribution in [0.15, 0.2) is 24.3 Å². The van der Waals surface area contributed by atoms with Crippen LogP contribution >= 0.6 is 0 Å². The average Bonchev–Trinajstić information content (AvgIpc) is 2.25. The van der Waals surface area contributed by atoms with E-state index in [0.717, 1.165) is 24.3 Å². The molecule has 15 heavy (non-hydrogen) atoms. The number of amides is 2. The molecule has 0 heterocycles. The molecule has 0 unspecified atom stereocenters. The van der Waals surface area contributed by atoms with Crippen molar-refractivity contribution >= 4 is 6.03 Å². The number of nitrogens with one attached hydrogen (secondary N) is 1. The van der Waals surface area contributed by atoms with Crippen LogP contribution in [0.2, 0.25) is 0 Å². The third-order valence-corrected chi connectivity index (χ3v) is 1.86. The first-order valence-corrected chi connectivity index (χ1v) is 4.97. The second kappa shape index (κ2) is 5.90. The Morgan fingerprint density at radius 3 is 2.60 bits per heavy atom.